The Morgan fingerprint density at radius 2 is 1.94 bits per heavy atom. The highest BCUT2D eigenvalue weighted by molar-refractivity contribution is 5.26. The molecule has 4 heteroatoms. The predicted octanol–water partition coefficient (Wildman–Crippen LogP) is 2.31. The quantitative estimate of drug-likeness (QED) is 0.845. The molecule has 1 aromatic heterocycles. The lowest BCUT2D eigenvalue weighted by molar-refractivity contribution is -0.0460. The summed E-state index contributed by atoms with van der Waals surface area (Å²) in [5.74, 6) is 0.620. The van der Waals surface area contributed by atoms with Crippen LogP contribution in [-0.2, 0) is 0 Å². The van der Waals surface area contributed by atoms with Gasteiger partial charge in [-0.3, -0.25) is 4.98 Å². The Morgan fingerprint density at radius 3 is 2.50 bits per heavy atom. The second-order valence-electron chi connectivity index (χ2n) is 5.56. The van der Waals surface area contributed by atoms with E-state index in [1.165, 1.54) is 0 Å². The summed E-state index contributed by atoms with van der Waals surface area (Å²) in [6.07, 6.45) is 2.27. The summed E-state index contributed by atoms with van der Waals surface area (Å²) in [6, 6.07) is 1.72. The summed E-state index contributed by atoms with van der Waals surface area (Å²) in [6.45, 7) is 8.28. The van der Waals surface area contributed by atoms with Gasteiger partial charge in [-0.15, -0.1) is 0 Å². The molecule has 1 heterocycles. The Labute approximate surface area is 109 Å². The highest BCUT2D eigenvalue weighted by Gasteiger charge is 2.30. The van der Waals surface area contributed by atoms with Crippen LogP contribution in [0, 0.1) is 5.41 Å². The van der Waals surface area contributed by atoms with E-state index in [9.17, 15) is 10.2 Å². The number of aromatic nitrogens is 1. The Bertz CT molecular complexity index is 374. The third-order valence-electron chi connectivity index (χ3n) is 2.74. The molecule has 4 nitrogen and oxygen atoms in total. The van der Waals surface area contributed by atoms with Crippen LogP contribution < -0.4 is 4.74 Å². The summed E-state index contributed by atoms with van der Waals surface area (Å²) in [7, 11) is 0. The van der Waals surface area contributed by atoms with E-state index in [1.807, 2.05) is 27.7 Å². The fourth-order valence-electron chi connectivity index (χ4n) is 1.55. The number of aliphatic hydroxyl groups is 2. The van der Waals surface area contributed by atoms with Crippen molar-refractivity contribution in [3.8, 4) is 5.75 Å². The lowest BCUT2D eigenvalue weighted by Crippen LogP contribution is -2.32. The van der Waals surface area contributed by atoms with Gasteiger partial charge in [0.15, 0.2) is 0 Å². The van der Waals surface area contributed by atoms with Gasteiger partial charge in [0.2, 0.25) is 0 Å². The van der Waals surface area contributed by atoms with Crippen molar-refractivity contribution in [3.05, 3.63) is 24.0 Å². The van der Waals surface area contributed by atoms with Crippen molar-refractivity contribution in [2.45, 2.75) is 46.3 Å². The van der Waals surface area contributed by atoms with Gasteiger partial charge in [0.25, 0.3) is 0 Å². The monoisotopic (exact) mass is 253 g/mol. The van der Waals surface area contributed by atoms with Gasteiger partial charge in [-0.2, -0.15) is 0 Å². The lowest BCUT2D eigenvalue weighted by atomic mass is 9.84. The highest BCUT2D eigenvalue weighted by Crippen LogP contribution is 2.30. The van der Waals surface area contributed by atoms with E-state index in [0.717, 1.165) is 6.42 Å². The molecule has 102 valence electrons. The normalized spacial score (nSPS) is 15.2. The Balaban J connectivity index is 2.82. The van der Waals surface area contributed by atoms with Crippen LogP contribution in [-0.4, -0.2) is 27.9 Å². The zero-order chi connectivity index (χ0) is 13.8. The molecule has 0 spiro atoms. The molecule has 0 aromatic carbocycles. The smallest absolute Gasteiger partial charge is 0.137 e. The van der Waals surface area contributed by atoms with Gasteiger partial charge in [0.05, 0.1) is 18.9 Å². The first kappa shape index (κ1) is 14.9. The van der Waals surface area contributed by atoms with E-state index in [0.29, 0.717) is 17.9 Å². The van der Waals surface area contributed by atoms with Crippen LogP contribution in [0.2, 0.25) is 0 Å². The molecule has 2 unspecified atom stereocenters. The van der Waals surface area contributed by atoms with Gasteiger partial charge in [-0.25, -0.2) is 0 Å². The van der Waals surface area contributed by atoms with Gasteiger partial charge in [0, 0.05) is 11.8 Å². The Hall–Kier alpha value is -1.13. The summed E-state index contributed by atoms with van der Waals surface area (Å²) in [4.78, 5) is 4.03. The van der Waals surface area contributed by atoms with Crippen molar-refractivity contribution in [1.82, 2.24) is 4.98 Å². The molecule has 0 amide bonds. The number of pyridine rings is 1. The van der Waals surface area contributed by atoms with Crippen LogP contribution in [0.1, 0.15) is 45.8 Å². The first-order chi connectivity index (χ1) is 8.36. The summed E-state index contributed by atoms with van der Waals surface area (Å²) >= 11 is 0. The summed E-state index contributed by atoms with van der Waals surface area (Å²) in [5, 5.41) is 20.2. The average molecular weight is 253 g/mol. The molecular formula is C14H23NO3. The molecule has 0 bridgehead atoms. The Morgan fingerprint density at radius 1 is 1.28 bits per heavy atom. The third kappa shape index (κ3) is 3.96. The maximum atomic E-state index is 10.1. The molecule has 0 aliphatic heterocycles. The third-order valence-corrected chi connectivity index (χ3v) is 2.74. The second kappa shape index (κ2) is 6.16. The van der Waals surface area contributed by atoms with Crippen molar-refractivity contribution < 1.29 is 14.9 Å². The van der Waals surface area contributed by atoms with Crippen LogP contribution in [0.3, 0.4) is 0 Å². The van der Waals surface area contributed by atoms with E-state index in [1.54, 1.807) is 18.5 Å². The number of hydrogen-bond acceptors (Lipinski definition) is 4. The molecule has 0 aliphatic rings. The molecule has 1 rings (SSSR count). The van der Waals surface area contributed by atoms with Crippen molar-refractivity contribution in [2.24, 2.45) is 5.41 Å². The maximum absolute atomic E-state index is 10.1. The van der Waals surface area contributed by atoms with Gasteiger partial charge in [0.1, 0.15) is 11.9 Å². The molecule has 0 saturated carbocycles. The first-order valence-electron chi connectivity index (χ1n) is 6.30. The lowest BCUT2D eigenvalue weighted by Gasteiger charge is -2.30. The van der Waals surface area contributed by atoms with E-state index in [2.05, 4.69) is 4.98 Å². The fourth-order valence-corrected chi connectivity index (χ4v) is 1.55. The number of hydrogen-bond donors (Lipinski definition) is 2. The minimum atomic E-state index is -0.956. The largest absolute Gasteiger partial charge is 0.492 e. The minimum absolute atomic E-state index is 0.389. The SMILES string of the molecule is CCCOc1cncc(C(O)C(O)C(C)(C)C)c1. The van der Waals surface area contributed by atoms with Gasteiger partial charge in [-0.1, -0.05) is 27.7 Å². The van der Waals surface area contributed by atoms with E-state index in [4.69, 9.17) is 4.74 Å². The second-order valence-corrected chi connectivity index (χ2v) is 5.56. The molecule has 2 atom stereocenters. The van der Waals surface area contributed by atoms with E-state index in [-0.39, 0.29) is 5.41 Å². The predicted molar refractivity (Wildman–Crippen MR) is 70.4 cm³/mol. The first-order valence-corrected chi connectivity index (χ1v) is 6.30. The number of ether oxygens (including phenoxy) is 1. The molecule has 0 aliphatic carbocycles. The topological polar surface area (TPSA) is 62.6 Å². The van der Waals surface area contributed by atoms with Gasteiger partial charge >= 0.3 is 0 Å². The van der Waals surface area contributed by atoms with E-state index >= 15 is 0 Å². The van der Waals surface area contributed by atoms with Crippen molar-refractivity contribution in [3.63, 3.8) is 0 Å². The van der Waals surface area contributed by atoms with Crippen LogP contribution in [0.15, 0.2) is 18.5 Å². The Kier molecular flexibility index (Phi) is 5.11. The molecule has 18 heavy (non-hydrogen) atoms. The highest BCUT2D eigenvalue weighted by atomic mass is 16.5. The molecule has 0 saturated heterocycles. The van der Waals surface area contributed by atoms with Crippen LogP contribution >= 0.6 is 0 Å². The van der Waals surface area contributed by atoms with Crippen molar-refractivity contribution >= 4 is 0 Å². The van der Waals surface area contributed by atoms with Crippen molar-refractivity contribution in [1.29, 1.82) is 0 Å². The summed E-state index contributed by atoms with van der Waals surface area (Å²) < 4.78 is 5.46. The zero-order valence-corrected chi connectivity index (χ0v) is 11.6. The average Bonchev–Trinajstić information content (AvgIpc) is 2.33. The number of rotatable bonds is 5. The zero-order valence-electron chi connectivity index (χ0n) is 11.6. The fraction of sp³-hybridized carbons (Fsp3) is 0.643. The minimum Gasteiger partial charge on any atom is -0.492 e. The standard InChI is InChI=1S/C14H23NO3/c1-5-6-18-11-7-10(8-15-9-11)12(16)13(17)14(2,3)4/h7-9,12-13,16-17H,5-6H2,1-4H3. The number of aliphatic hydroxyl groups excluding tert-OH is 2. The number of nitrogens with zero attached hydrogens (tertiary/aromatic N) is 1. The molecular weight excluding hydrogens is 230 g/mol. The molecule has 0 fully saturated rings. The van der Waals surface area contributed by atoms with Crippen LogP contribution in [0.25, 0.3) is 0 Å². The van der Waals surface area contributed by atoms with Crippen molar-refractivity contribution in [2.75, 3.05) is 6.61 Å². The maximum Gasteiger partial charge on any atom is 0.137 e. The van der Waals surface area contributed by atoms with E-state index < -0.39 is 12.2 Å². The molecule has 0 radical (unpaired) electrons. The van der Waals surface area contributed by atoms with Crippen LogP contribution in [0.5, 0.6) is 5.75 Å². The molecule has 2 N–H and O–H groups in total. The molecule has 1 aromatic rings. The van der Waals surface area contributed by atoms with Crippen LogP contribution in [0.4, 0.5) is 0 Å². The van der Waals surface area contributed by atoms with Gasteiger partial charge < -0.3 is 14.9 Å². The summed E-state index contributed by atoms with van der Waals surface area (Å²) in [5.41, 5.74) is 0.186. The van der Waals surface area contributed by atoms with Gasteiger partial charge in [-0.05, 0) is 17.9 Å².